The van der Waals surface area contributed by atoms with Crippen LogP contribution in [0.4, 0.5) is 13.2 Å². The van der Waals surface area contributed by atoms with Crippen LogP contribution in [0.2, 0.25) is 0 Å². The number of allylic oxidation sites excluding steroid dienone is 1. The standard InChI is InChI=1S/C10H12F3NO2/c1-14-6-7(8(15)16-2)5-9(3-4-9)10(11,12)13/h5-6H,3-4H2,1-2H3/b7-5+,14-6?. The summed E-state index contributed by atoms with van der Waals surface area (Å²) < 4.78 is 42.3. The number of methoxy groups -OCH3 is 1. The molecule has 0 spiro atoms. The molecular weight excluding hydrogens is 223 g/mol. The lowest BCUT2D eigenvalue weighted by atomic mass is 10.0. The highest BCUT2D eigenvalue weighted by Gasteiger charge is 2.62. The predicted molar refractivity (Wildman–Crippen MR) is 52.2 cm³/mol. The summed E-state index contributed by atoms with van der Waals surface area (Å²) in [6.07, 6.45) is -2.32. The summed E-state index contributed by atoms with van der Waals surface area (Å²) in [5.41, 5.74) is -2.02. The maximum absolute atomic E-state index is 12.6. The highest BCUT2D eigenvalue weighted by molar-refractivity contribution is 6.09. The van der Waals surface area contributed by atoms with Gasteiger partial charge in [-0.1, -0.05) is 6.08 Å². The molecule has 0 N–H and O–H groups in total. The van der Waals surface area contributed by atoms with E-state index in [1.165, 1.54) is 7.05 Å². The van der Waals surface area contributed by atoms with Gasteiger partial charge in [0.1, 0.15) is 0 Å². The van der Waals surface area contributed by atoms with Gasteiger partial charge in [-0.2, -0.15) is 13.2 Å². The third kappa shape index (κ3) is 2.43. The third-order valence-electron chi connectivity index (χ3n) is 2.47. The molecule has 0 aromatic rings. The van der Waals surface area contributed by atoms with Gasteiger partial charge in [0.15, 0.2) is 0 Å². The van der Waals surface area contributed by atoms with E-state index in [0.717, 1.165) is 19.4 Å². The molecule has 0 amide bonds. The first kappa shape index (κ1) is 12.7. The Bertz CT molecular complexity index is 340. The molecule has 0 aromatic carbocycles. The number of hydrogen-bond donors (Lipinski definition) is 0. The Morgan fingerprint density at radius 1 is 1.44 bits per heavy atom. The van der Waals surface area contributed by atoms with E-state index in [1.807, 2.05) is 0 Å². The minimum Gasteiger partial charge on any atom is -0.465 e. The van der Waals surface area contributed by atoms with Crippen LogP contribution in [0.5, 0.6) is 0 Å². The lowest BCUT2D eigenvalue weighted by molar-refractivity contribution is -0.172. The van der Waals surface area contributed by atoms with Gasteiger partial charge in [-0.3, -0.25) is 4.99 Å². The van der Waals surface area contributed by atoms with Crippen molar-refractivity contribution in [3.63, 3.8) is 0 Å². The van der Waals surface area contributed by atoms with Crippen LogP contribution in [0.25, 0.3) is 0 Å². The number of carbonyl (C=O) groups excluding carboxylic acids is 1. The lowest BCUT2D eigenvalue weighted by Crippen LogP contribution is -2.24. The molecule has 0 heterocycles. The van der Waals surface area contributed by atoms with Crippen LogP contribution in [-0.2, 0) is 9.53 Å². The fraction of sp³-hybridized carbons (Fsp3) is 0.600. The van der Waals surface area contributed by atoms with E-state index < -0.39 is 17.6 Å². The molecule has 6 heteroatoms. The second-order valence-electron chi connectivity index (χ2n) is 3.63. The van der Waals surface area contributed by atoms with Crippen LogP contribution >= 0.6 is 0 Å². The Hall–Kier alpha value is -1.33. The zero-order chi connectivity index (χ0) is 12.4. The molecule has 0 unspecified atom stereocenters. The van der Waals surface area contributed by atoms with Crippen LogP contribution in [0.15, 0.2) is 16.6 Å². The van der Waals surface area contributed by atoms with Crippen molar-refractivity contribution >= 4 is 12.2 Å². The second kappa shape index (κ2) is 4.27. The zero-order valence-electron chi connectivity index (χ0n) is 8.97. The van der Waals surface area contributed by atoms with Gasteiger partial charge in [-0.05, 0) is 12.8 Å². The van der Waals surface area contributed by atoms with Gasteiger partial charge in [0.25, 0.3) is 0 Å². The van der Waals surface area contributed by atoms with Gasteiger partial charge in [-0.15, -0.1) is 0 Å². The first-order valence-corrected chi connectivity index (χ1v) is 4.66. The minimum absolute atomic E-state index is 0.00848. The number of esters is 1. The average Bonchev–Trinajstić information content (AvgIpc) is 2.96. The van der Waals surface area contributed by atoms with Crippen molar-refractivity contribution in [1.29, 1.82) is 0 Å². The zero-order valence-corrected chi connectivity index (χ0v) is 8.97. The van der Waals surface area contributed by atoms with Crippen LogP contribution in [-0.4, -0.2) is 32.5 Å². The summed E-state index contributed by atoms with van der Waals surface area (Å²) in [5.74, 6) is -0.805. The number of alkyl halides is 3. The Morgan fingerprint density at radius 2 is 2.00 bits per heavy atom. The van der Waals surface area contributed by atoms with Crippen LogP contribution in [0.3, 0.4) is 0 Å². The first-order valence-electron chi connectivity index (χ1n) is 4.66. The maximum atomic E-state index is 12.6. The quantitative estimate of drug-likeness (QED) is 0.427. The molecule has 1 fully saturated rings. The van der Waals surface area contributed by atoms with Gasteiger partial charge in [0, 0.05) is 13.3 Å². The molecule has 1 aliphatic carbocycles. The Kier molecular flexibility index (Phi) is 3.40. The fourth-order valence-electron chi connectivity index (χ4n) is 1.35. The monoisotopic (exact) mass is 235 g/mol. The molecule has 1 aliphatic rings. The summed E-state index contributed by atoms with van der Waals surface area (Å²) in [7, 11) is 2.50. The highest BCUT2D eigenvalue weighted by atomic mass is 19.4. The number of nitrogens with zero attached hydrogens (tertiary/aromatic N) is 1. The largest absolute Gasteiger partial charge is 0.465 e. The van der Waals surface area contributed by atoms with Crippen LogP contribution in [0.1, 0.15) is 12.8 Å². The number of aliphatic imine (C=N–C) groups is 1. The molecular formula is C10H12F3NO2. The number of carbonyl (C=O) groups is 1. The van der Waals surface area contributed by atoms with Gasteiger partial charge >= 0.3 is 12.1 Å². The van der Waals surface area contributed by atoms with Gasteiger partial charge in [0.2, 0.25) is 0 Å². The highest BCUT2D eigenvalue weighted by Crippen LogP contribution is 2.59. The van der Waals surface area contributed by atoms with Crippen molar-refractivity contribution in [2.24, 2.45) is 10.4 Å². The Labute approximate surface area is 91.0 Å². The number of halogens is 3. The molecule has 90 valence electrons. The molecule has 1 rings (SSSR count). The topological polar surface area (TPSA) is 38.7 Å². The molecule has 3 nitrogen and oxygen atoms in total. The van der Waals surface area contributed by atoms with Gasteiger partial charge in [-0.25, -0.2) is 4.79 Å². The summed E-state index contributed by atoms with van der Waals surface area (Å²) in [6, 6.07) is 0. The predicted octanol–water partition coefficient (Wildman–Crippen LogP) is 2.13. The van der Waals surface area contributed by atoms with Crippen molar-refractivity contribution in [2.75, 3.05) is 14.2 Å². The fourth-order valence-corrected chi connectivity index (χ4v) is 1.35. The third-order valence-corrected chi connectivity index (χ3v) is 2.47. The van der Waals surface area contributed by atoms with E-state index in [0.29, 0.717) is 0 Å². The van der Waals surface area contributed by atoms with Crippen molar-refractivity contribution in [3.05, 3.63) is 11.6 Å². The van der Waals surface area contributed by atoms with E-state index in [4.69, 9.17) is 0 Å². The van der Waals surface area contributed by atoms with E-state index >= 15 is 0 Å². The van der Waals surface area contributed by atoms with Crippen LogP contribution < -0.4 is 0 Å². The van der Waals surface area contributed by atoms with E-state index in [1.54, 1.807) is 0 Å². The molecule has 0 atom stereocenters. The van der Waals surface area contributed by atoms with Crippen molar-refractivity contribution in [3.8, 4) is 0 Å². The Balaban J connectivity index is 3.00. The van der Waals surface area contributed by atoms with E-state index in [-0.39, 0.29) is 18.4 Å². The van der Waals surface area contributed by atoms with Crippen molar-refractivity contribution in [1.82, 2.24) is 0 Å². The smallest absolute Gasteiger partial charge is 0.397 e. The summed E-state index contributed by atoms with van der Waals surface area (Å²) in [6.45, 7) is 0. The minimum atomic E-state index is -4.33. The Morgan fingerprint density at radius 3 is 2.31 bits per heavy atom. The molecule has 0 aromatic heterocycles. The van der Waals surface area contributed by atoms with Crippen molar-refractivity contribution < 1.29 is 22.7 Å². The molecule has 0 saturated heterocycles. The summed E-state index contributed by atoms with van der Waals surface area (Å²) in [5, 5.41) is 0. The summed E-state index contributed by atoms with van der Waals surface area (Å²) in [4.78, 5) is 14.7. The number of ether oxygens (including phenoxy) is 1. The van der Waals surface area contributed by atoms with Gasteiger partial charge in [0.05, 0.1) is 18.1 Å². The lowest BCUT2D eigenvalue weighted by Gasteiger charge is -2.15. The number of hydrogen-bond acceptors (Lipinski definition) is 3. The number of rotatable bonds is 3. The van der Waals surface area contributed by atoms with Gasteiger partial charge < -0.3 is 4.74 Å². The average molecular weight is 235 g/mol. The van der Waals surface area contributed by atoms with E-state index in [2.05, 4.69) is 9.73 Å². The molecule has 1 saturated carbocycles. The molecule has 0 aliphatic heterocycles. The maximum Gasteiger partial charge on any atom is 0.397 e. The van der Waals surface area contributed by atoms with E-state index in [9.17, 15) is 18.0 Å². The normalized spacial score (nSPS) is 19.9. The SMILES string of the molecule is CN=C/C(=C\C1(C(F)(F)F)CC1)C(=O)OC. The first-order chi connectivity index (χ1) is 7.36. The van der Waals surface area contributed by atoms with Crippen molar-refractivity contribution in [2.45, 2.75) is 19.0 Å². The molecule has 0 bridgehead atoms. The molecule has 0 radical (unpaired) electrons. The summed E-state index contributed by atoms with van der Waals surface area (Å²) >= 11 is 0. The van der Waals surface area contributed by atoms with Crippen LogP contribution in [0, 0.1) is 5.41 Å². The molecule has 16 heavy (non-hydrogen) atoms. The second-order valence-corrected chi connectivity index (χ2v) is 3.63.